The summed E-state index contributed by atoms with van der Waals surface area (Å²) in [4.78, 5) is 2.48. The lowest BCUT2D eigenvalue weighted by Crippen LogP contribution is -2.31. The molecule has 2 aromatic heterocycles. The zero-order valence-corrected chi connectivity index (χ0v) is 31.1. The molecule has 0 bridgehead atoms. The average molecular weight is 729 g/mol. The number of thiophene rings is 1. The molecule has 0 radical (unpaired) electrons. The minimum absolute atomic E-state index is 0.527. The van der Waals surface area contributed by atoms with Gasteiger partial charge in [0.2, 0.25) is 0 Å². The highest BCUT2D eigenvalue weighted by molar-refractivity contribution is 7.25. The Morgan fingerprint density at radius 1 is 0.393 bits per heavy atom. The molecule has 0 saturated heterocycles. The summed E-state index contributed by atoms with van der Waals surface area (Å²) in [6.07, 6.45) is 0. The minimum Gasteiger partial charge on any atom is -0.310 e. The molecule has 0 amide bonds. The van der Waals surface area contributed by atoms with Gasteiger partial charge < -0.3 is 9.47 Å². The second-order valence-corrected chi connectivity index (χ2v) is 16.3. The number of hydrogen-bond donors (Lipinski definition) is 0. The number of para-hydroxylation sites is 2. The van der Waals surface area contributed by atoms with E-state index in [9.17, 15) is 0 Å². The molecule has 0 N–H and O–H groups in total. The van der Waals surface area contributed by atoms with Crippen LogP contribution < -0.4 is 4.90 Å². The molecule has 0 atom stereocenters. The van der Waals surface area contributed by atoms with E-state index in [2.05, 4.69) is 204 Å². The van der Waals surface area contributed by atoms with E-state index in [1.165, 1.54) is 86.1 Å². The Balaban J connectivity index is 1.23. The summed E-state index contributed by atoms with van der Waals surface area (Å²) in [5.74, 6) is 0. The van der Waals surface area contributed by atoms with Crippen LogP contribution in [-0.2, 0) is 5.41 Å². The number of hydrogen-bond acceptors (Lipinski definition) is 2. The van der Waals surface area contributed by atoms with Crippen molar-refractivity contribution in [1.82, 2.24) is 4.57 Å². The maximum Gasteiger partial charge on any atom is 0.0727 e. The van der Waals surface area contributed by atoms with Crippen molar-refractivity contribution < 1.29 is 0 Å². The van der Waals surface area contributed by atoms with Gasteiger partial charge in [0.25, 0.3) is 0 Å². The number of anilines is 3. The van der Waals surface area contributed by atoms with Gasteiger partial charge in [-0.1, -0.05) is 127 Å². The maximum atomic E-state index is 2.54. The fraction of sp³-hybridized carbons (Fsp3) is 0.0189. The van der Waals surface area contributed by atoms with Crippen molar-refractivity contribution in [2.24, 2.45) is 0 Å². The van der Waals surface area contributed by atoms with Gasteiger partial charge in [0.05, 0.1) is 16.4 Å². The lowest BCUT2D eigenvalue weighted by Gasteiger charge is -2.38. The van der Waals surface area contributed by atoms with Crippen LogP contribution in [0.15, 0.2) is 194 Å². The van der Waals surface area contributed by atoms with Crippen molar-refractivity contribution in [3.05, 3.63) is 216 Å². The number of fused-ring (bicyclic) bond motifs is 10. The molecule has 11 aromatic rings. The quantitative estimate of drug-likeness (QED) is 0.175. The molecular formula is C53H32N2S. The molecule has 2 aliphatic carbocycles. The van der Waals surface area contributed by atoms with Crippen molar-refractivity contribution >= 4 is 81.1 Å². The molecule has 0 saturated carbocycles. The van der Waals surface area contributed by atoms with Crippen LogP contribution in [0.1, 0.15) is 22.3 Å². The Morgan fingerprint density at radius 3 is 1.88 bits per heavy atom. The molecule has 1 spiro atoms. The van der Waals surface area contributed by atoms with Gasteiger partial charge in [-0.15, -0.1) is 11.3 Å². The highest BCUT2D eigenvalue weighted by atomic mass is 32.1. The number of aromatic nitrogens is 1. The minimum atomic E-state index is -0.527. The van der Waals surface area contributed by atoms with Crippen LogP contribution in [0.25, 0.3) is 69.6 Å². The average Bonchev–Trinajstić information content (AvgIpc) is 3.90. The largest absolute Gasteiger partial charge is 0.310 e. The Bertz CT molecular complexity index is 3380. The molecule has 13 rings (SSSR count). The fourth-order valence-corrected chi connectivity index (χ4v) is 11.5. The summed E-state index contributed by atoms with van der Waals surface area (Å²) in [5.41, 5.74) is 14.5. The summed E-state index contributed by atoms with van der Waals surface area (Å²) < 4.78 is 5.13. The van der Waals surface area contributed by atoms with E-state index in [1.807, 2.05) is 11.3 Å². The summed E-state index contributed by atoms with van der Waals surface area (Å²) >= 11 is 1.87. The molecule has 260 valence electrons. The smallest absolute Gasteiger partial charge is 0.0727 e. The molecule has 9 aromatic carbocycles. The van der Waals surface area contributed by atoms with Crippen LogP contribution in [0, 0.1) is 0 Å². The van der Waals surface area contributed by atoms with Gasteiger partial charge in [-0.05, 0) is 111 Å². The molecule has 2 aliphatic rings. The predicted molar refractivity (Wildman–Crippen MR) is 237 cm³/mol. The summed E-state index contributed by atoms with van der Waals surface area (Å²) in [6, 6.07) is 72.6. The van der Waals surface area contributed by atoms with Gasteiger partial charge >= 0.3 is 0 Å². The normalized spacial score (nSPS) is 13.5. The van der Waals surface area contributed by atoms with E-state index in [4.69, 9.17) is 0 Å². The lowest BCUT2D eigenvalue weighted by molar-refractivity contribution is 0.783. The van der Waals surface area contributed by atoms with Crippen molar-refractivity contribution in [1.29, 1.82) is 0 Å². The highest BCUT2D eigenvalue weighted by Crippen LogP contribution is 2.63. The van der Waals surface area contributed by atoms with Gasteiger partial charge in [0, 0.05) is 53.7 Å². The molecule has 0 aliphatic heterocycles. The number of nitrogens with zero attached hydrogens (tertiary/aromatic N) is 2. The number of rotatable bonds is 4. The molecular weight excluding hydrogens is 697 g/mol. The van der Waals surface area contributed by atoms with E-state index >= 15 is 0 Å². The third-order valence-corrected chi connectivity index (χ3v) is 13.7. The summed E-state index contributed by atoms with van der Waals surface area (Å²) in [7, 11) is 0. The monoisotopic (exact) mass is 728 g/mol. The Hall–Kier alpha value is -6.94. The molecule has 3 heteroatoms. The Morgan fingerprint density at radius 2 is 1.07 bits per heavy atom. The zero-order valence-electron chi connectivity index (χ0n) is 30.3. The third-order valence-electron chi connectivity index (χ3n) is 12.5. The first kappa shape index (κ1) is 30.4. The Labute approximate surface area is 327 Å². The summed E-state index contributed by atoms with van der Waals surface area (Å²) in [6.45, 7) is 0. The lowest BCUT2D eigenvalue weighted by atomic mass is 9.63. The summed E-state index contributed by atoms with van der Waals surface area (Å²) in [5, 5.41) is 7.89. The maximum absolute atomic E-state index is 2.54. The van der Waals surface area contributed by atoms with Crippen molar-refractivity contribution in [2.75, 3.05) is 4.90 Å². The first-order valence-corrected chi connectivity index (χ1v) is 20.2. The van der Waals surface area contributed by atoms with Gasteiger partial charge in [-0.2, -0.15) is 0 Å². The van der Waals surface area contributed by atoms with Crippen LogP contribution in [0.4, 0.5) is 17.1 Å². The van der Waals surface area contributed by atoms with Crippen LogP contribution >= 0.6 is 11.3 Å². The molecule has 0 fully saturated rings. The van der Waals surface area contributed by atoms with E-state index in [-0.39, 0.29) is 0 Å². The van der Waals surface area contributed by atoms with Gasteiger partial charge in [0.1, 0.15) is 0 Å². The second kappa shape index (κ2) is 11.1. The molecule has 56 heavy (non-hydrogen) atoms. The standard InChI is InChI=1S/C53H32N2S/c1-3-15-34(16-4-1)54(36-27-29-49-41(30-36)40-21-9-12-25-48(40)56-49)37-31-45-51-47(32-37)55(35-17-5-2-6-18-35)46-28-26-33-14-13-24-44(50(33)52(46)51)53(45)42-22-10-7-19-38(42)39-20-8-11-23-43(39)53/h1-32H. The van der Waals surface area contributed by atoms with Gasteiger partial charge in [0.15, 0.2) is 0 Å². The number of benzene rings is 9. The van der Waals surface area contributed by atoms with E-state index in [1.54, 1.807) is 0 Å². The zero-order chi connectivity index (χ0) is 36.5. The topological polar surface area (TPSA) is 8.17 Å². The van der Waals surface area contributed by atoms with Crippen LogP contribution in [0.2, 0.25) is 0 Å². The van der Waals surface area contributed by atoms with Crippen LogP contribution in [0.5, 0.6) is 0 Å². The SMILES string of the molecule is c1ccc(N(c2ccc3sc4ccccc4c3c2)c2cc3c4c5c6c(cccc6ccc5n(-c5ccccc5)c4c2)C32c3ccccc3-c3ccccc32)cc1. The fourth-order valence-electron chi connectivity index (χ4n) is 10.4. The molecule has 0 unspecified atom stereocenters. The van der Waals surface area contributed by atoms with Crippen molar-refractivity contribution in [3.8, 4) is 16.8 Å². The first-order chi connectivity index (χ1) is 27.8. The van der Waals surface area contributed by atoms with Crippen LogP contribution in [0.3, 0.4) is 0 Å². The van der Waals surface area contributed by atoms with E-state index in [0.717, 1.165) is 22.7 Å². The highest BCUT2D eigenvalue weighted by Gasteiger charge is 2.50. The van der Waals surface area contributed by atoms with Crippen molar-refractivity contribution in [3.63, 3.8) is 0 Å². The van der Waals surface area contributed by atoms with Gasteiger partial charge in [-0.25, -0.2) is 0 Å². The molecule has 2 nitrogen and oxygen atoms in total. The van der Waals surface area contributed by atoms with E-state index < -0.39 is 5.41 Å². The third kappa shape index (κ3) is 3.80. The molecule has 2 heterocycles. The second-order valence-electron chi connectivity index (χ2n) is 15.2. The van der Waals surface area contributed by atoms with Gasteiger partial charge in [-0.3, -0.25) is 0 Å². The Kier molecular flexibility index (Phi) is 6.01. The predicted octanol–water partition coefficient (Wildman–Crippen LogP) is 14.5. The van der Waals surface area contributed by atoms with Crippen molar-refractivity contribution in [2.45, 2.75) is 5.41 Å². The van der Waals surface area contributed by atoms with E-state index in [0.29, 0.717) is 0 Å². The van der Waals surface area contributed by atoms with Crippen LogP contribution in [-0.4, -0.2) is 4.57 Å². The first-order valence-electron chi connectivity index (χ1n) is 19.4.